The summed E-state index contributed by atoms with van der Waals surface area (Å²) in [7, 11) is 0. The van der Waals surface area contributed by atoms with E-state index in [1.165, 1.54) is 24.8 Å². The Bertz CT molecular complexity index is 436. The molecule has 0 radical (unpaired) electrons. The number of nitrogens with two attached hydrogens (primary N) is 1. The highest BCUT2D eigenvalue weighted by atomic mass is 16.1. The van der Waals surface area contributed by atoms with Crippen LogP contribution in [0.15, 0.2) is 24.3 Å². The van der Waals surface area contributed by atoms with Gasteiger partial charge in [-0.2, -0.15) is 0 Å². The summed E-state index contributed by atoms with van der Waals surface area (Å²) in [4.78, 5) is 13.5. The molecule has 0 atom stereocenters. The molecule has 1 aliphatic rings. The second kappa shape index (κ2) is 8.03. The molecule has 4 nitrogen and oxygen atoms in total. The van der Waals surface area contributed by atoms with Crippen LogP contribution in [-0.4, -0.2) is 37.0 Å². The third-order valence-electron chi connectivity index (χ3n) is 4.27. The number of hydrogen-bond acceptors (Lipinski definition) is 3. The van der Waals surface area contributed by atoms with Crippen LogP contribution < -0.4 is 11.1 Å². The van der Waals surface area contributed by atoms with Crippen molar-refractivity contribution in [2.24, 2.45) is 5.92 Å². The minimum atomic E-state index is 0.0842. The van der Waals surface area contributed by atoms with E-state index >= 15 is 0 Å². The molecule has 0 bridgehead atoms. The highest BCUT2D eigenvalue weighted by molar-refractivity contribution is 5.72. The summed E-state index contributed by atoms with van der Waals surface area (Å²) >= 11 is 0. The van der Waals surface area contributed by atoms with Gasteiger partial charge < -0.3 is 16.0 Å². The molecule has 4 heteroatoms. The molecule has 0 unspecified atom stereocenters. The lowest BCUT2D eigenvalue weighted by molar-refractivity contribution is -0.119. The van der Waals surface area contributed by atoms with Crippen molar-refractivity contribution in [3.8, 4) is 0 Å². The van der Waals surface area contributed by atoms with Crippen LogP contribution in [0.1, 0.15) is 31.7 Å². The van der Waals surface area contributed by atoms with Gasteiger partial charge in [-0.1, -0.05) is 12.1 Å². The van der Waals surface area contributed by atoms with Crippen molar-refractivity contribution in [1.29, 1.82) is 0 Å². The Morgan fingerprint density at radius 1 is 1.29 bits per heavy atom. The number of anilines is 1. The Balaban J connectivity index is 1.60. The number of nitrogens with one attached hydrogen (secondary N) is 1. The maximum atomic E-state index is 10.9. The maximum absolute atomic E-state index is 10.9. The van der Waals surface area contributed by atoms with Crippen molar-refractivity contribution < 1.29 is 4.79 Å². The van der Waals surface area contributed by atoms with E-state index in [1.54, 1.807) is 6.92 Å². The van der Waals surface area contributed by atoms with Crippen molar-refractivity contribution in [2.45, 2.75) is 32.6 Å². The molecule has 0 spiro atoms. The van der Waals surface area contributed by atoms with Gasteiger partial charge in [0.15, 0.2) is 0 Å². The van der Waals surface area contributed by atoms with Crippen LogP contribution in [-0.2, 0) is 11.2 Å². The molecule has 116 valence electrons. The third-order valence-corrected chi connectivity index (χ3v) is 4.27. The SMILES string of the molecule is CC(=O)NCC1CCN(CCCc2ccc(N)cc2)CC1. The van der Waals surface area contributed by atoms with Crippen LogP contribution in [0.2, 0.25) is 0 Å². The Hall–Kier alpha value is -1.55. The molecule has 0 aliphatic carbocycles. The summed E-state index contributed by atoms with van der Waals surface area (Å²) in [6, 6.07) is 8.19. The number of carbonyl (C=O) groups is 1. The lowest BCUT2D eigenvalue weighted by atomic mass is 9.96. The van der Waals surface area contributed by atoms with Crippen molar-refractivity contribution in [3.63, 3.8) is 0 Å². The Labute approximate surface area is 127 Å². The van der Waals surface area contributed by atoms with Crippen molar-refractivity contribution >= 4 is 11.6 Å². The molecular formula is C17H27N3O. The average molecular weight is 289 g/mol. The van der Waals surface area contributed by atoms with Crippen LogP contribution in [0, 0.1) is 5.92 Å². The number of aryl methyl sites for hydroxylation is 1. The number of hydrogen-bond donors (Lipinski definition) is 2. The smallest absolute Gasteiger partial charge is 0.216 e. The summed E-state index contributed by atoms with van der Waals surface area (Å²) in [5, 5.41) is 2.93. The molecule has 1 fully saturated rings. The average Bonchev–Trinajstić information content (AvgIpc) is 2.48. The van der Waals surface area contributed by atoms with Crippen LogP contribution in [0.3, 0.4) is 0 Å². The molecule has 21 heavy (non-hydrogen) atoms. The Morgan fingerprint density at radius 2 is 1.95 bits per heavy atom. The second-order valence-corrected chi connectivity index (χ2v) is 6.07. The number of carbonyl (C=O) groups excluding carboxylic acids is 1. The maximum Gasteiger partial charge on any atom is 0.216 e. The van der Waals surface area contributed by atoms with Gasteiger partial charge in [0, 0.05) is 19.2 Å². The zero-order valence-electron chi connectivity index (χ0n) is 13.0. The first-order valence-electron chi connectivity index (χ1n) is 7.94. The van der Waals surface area contributed by atoms with Crippen molar-refractivity contribution in [3.05, 3.63) is 29.8 Å². The normalized spacial score (nSPS) is 16.8. The topological polar surface area (TPSA) is 58.4 Å². The zero-order chi connectivity index (χ0) is 15.1. The number of piperidine rings is 1. The van der Waals surface area contributed by atoms with Crippen LogP contribution in [0.5, 0.6) is 0 Å². The first kappa shape index (κ1) is 15.8. The molecule has 1 amide bonds. The fourth-order valence-corrected chi connectivity index (χ4v) is 2.89. The third kappa shape index (κ3) is 5.76. The minimum Gasteiger partial charge on any atom is -0.399 e. The molecular weight excluding hydrogens is 262 g/mol. The number of likely N-dealkylation sites (tertiary alicyclic amines) is 1. The molecule has 1 aromatic rings. The van der Waals surface area contributed by atoms with Gasteiger partial charge in [-0.15, -0.1) is 0 Å². The highest BCUT2D eigenvalue weighted by Crippen LogP contribution is 2.17. The van der Waals surface area contributed by atoms with E-state index in [9.17, 15) is 4.79 Å². The van der Waals surface area contributed by atoms with Gasteiger partial charge >= 0.3 is 0 Å². The van der Waals surface area contributed by atoms with Gasteiger partial charge in [0.2, 0.25) is 5.91 Å². The molecule has 0 aromatic heterocycles. The quantitative estimate of drug-likeness (QED) is 0.788. The van der Waals surface area contributed by atoms with Crippen molar-refractivity contribution in [2.75, 3.05) is 31.9 Å². The van der Waals surface area contributed by atoms with E-state index in [4.69, 9.17) is 5.73 Å². The molecule has 3 N–H and O–H groups in total. The van der Waals surface area contributed by atoms with E-state index in [0.717, 1.165) is 38.3 Å². The van der Waals surface area contributed by atoms with E-state index in [1.807, 2.05) is 12.1 Å². The summed E-state index contributed by atoms with van der Waals surface area (Å²) < 4.78 is 0. The Morgan fingerprint density at radius 3 is 2.57 bits per heavy atom. The van der Waals surface area contributed by atoms with Gasteiger partial charge in [0.1, 0.15) is 0 Å². The predicted octanol–water partition coefficient (Wildman–Crippen LogP) is 2.05. The Kier molecular flexibility index (Phi) is 6.05. The van der Waals surface area contributed by atoms with Gasteiger partial charge in [-0.05, 0) is 68.9 Å². The summed E-state index contributed by atoms with van der Waals surface area (Å²) in [5.74, 6) is 0.739. The van der Waals surface area contributed by atoms with Gasteiger partial charge in [0.05, 0.1) is 0 Å². The zero-order valence-corrected chi connectivity index (χ0v) is 13.0. The van der Waals surface area contributed by atoms with Crippen LogP contribution in [0.4, 0.5) is 5.69 Å². The van der Waals surface area contributed by atoms with Gasteiger partial charge in [-0.3, -0.25) is 4.79 Å². The van der Waals surface area contributed by atoms with Crippen LogP contribution >= 0.6 is 0 Å². The molecule has 1 heterocycles. The summed E-state index contributed by atoms with van der Waals surface area (Å²) in [5.41, 5.74) is 7.89. The van der Waals surface area contributed by atoms with Gasteiger partial charge in [-0.25, -0.2) is 0 Å². The fourth-order valence-electron chi connectivity index (χ4n) is 2.89. The molecule has 1 aromatic carbocycles. The van der Waals surface area contributed by atoms with E-state index in [-0.39, 0.29) is 5.91 Å². The molecule has 1 aliphatic heterocycles. The first-order valence-corrected chi connectivity index (χ1v) is 7.94. The summed E-state index contributed by atoms with van der Waals surface area (Å²) in [6.45, 7) is 5.91. The number of nitrogen functional groups attached to an aromatic ring is 1. The van der Waals surface area contributed by atoms with Crippen LogP contribution in [0.25, 0.3) is 0 Å². The van der Waals surface area contributed by atoms with Crippen molar-refractivity contribution in [1.82, 2.24) is 10.2 Å². The predicted molar refractivity (Wildman–Crippen MR) is 87.0 cm³/mol. The summed E-state index contributed by atoms with van der Waals surface area (Å²) in [6.07, 6.45) is 4.71. The number of rotatable bonds is 6. The number of nitrogens with zero attached hydrogens (tertiary/aromatic N) is 1. The van der Waals surface area contributed by atoms with E-state index in [2.05, 4.69) is 22.3 Å². The number of amides is 1. The monoisotopic (exact) mass is 289 g/mol. The first-order chi connectivity index (χ1) is 10.1. The molecule has 0 saturated carbocycles. The van der Waals surface area contributed by atoms with E-state index < -0.39 is 0 Å². The molecule has 2 rings (SSSR count). The highest BCUT2D eigenvalue weighted by Gasteiger charge is 2.18. The largest absolute Gasteiger partial charge is 0.399 e. The second-order valence-electron chi connectivity index (χ2n) is 6.07. The minimum absolute atomic E-state index is 0.0842. The lowest BCUT2D eigenvalue weighted by Crippen LogP contribution is -2.38. The van der Waals surface area contributed by atoms with Gasteiger partial charge in [0.25, 0.3) is 0 Å². The number of benzene rings is 1. The lowest BCUT2D eigenvalue weighted by Gasteiger charge is -2.31. The van der Waals surface area contributed by atoms with E-state index in [0.29, 0.717) is 5.92 Å². The fraction of sp³-hybridized carbons (Fsp3) is 0.588. The molecule has 1 saturated heterocycles. The standard InChI is InChI=1S/C17H27N3O/c1-14(21)19-13-16-8-11-20(12-9-16)10-2-3-15-4-6-17(18)7-5-15/h4-7,16H,2-3,8-13,18H2,1H3,(H,19,21).